The molecule has 1 amide bonds. The monoisotopic (exact) mass is 347 g/mol. The largest absolute Gasteiger partial charge is 0.334 e. The Morgan fingerprint density at radius 2 is 2.00 bits per heavy atom. The molecule has 0 spiro atoms. The molecule has 2 aromatic rings. The highest BCUT2D eigenvalue weighted by Gasteiger charge is 2.33. The van der Waals surface area contributed by atoms with Crippen molar-refractivity contribution in [3.8, 4) is 0 Å². The lowest BCUT2D eigenvalue weighted by atomic mass is 9.93. The van der Waals surface area contributed by atoms with Crippen molar-refractivity contribution in [1.29, 1.82) is 0 Å². The Balaban J connectivity index is 1.90. The number of hydrogen-bond donors (Lipinski definition) is 1. The molecule has 0 unspecified atom stereocenters. The minimum atomic E-state index is -0.251. The van der Waals surface area contributed by atoms with Gasteiger partial charge in [-0.05, 0) is 61.9 Å². The van der Waals surface area contributed by atoms with Gasteiger partial charge in [0.1, 0.15) is 5.82 Å². The quantitative estimate of drug-likeness (QED) is 0.911. The van der Waals surface area contributed by atoms with Crippen LogP contribution in [-0.4, -0.2) is 29.4 Å². The third kappa shape index (κ3) is 3.68. The van der Waals surface area contributed by atoms with Crippen LogP contribution in [0.3, 0.4) is 0 Å². The first-order valence-corrected chi connectivity index (χ1v) is 9.19. The standard InChI is InChI=1S/C19H23FN2OS/c1-19(2,3)21-12-17(23)22-10-8-16-15(9-11-24-16)18(22)13-4-6-14(20)7-5-13/h4-7,9,11,18,21H,8,10,12H2,1-3H3/p+1/t18-/m1/s1. The predicted molar refractivity (Wildman–Crippen MR) is 94.5 cm³/mol. The average Bonchev–Trinajstić information content (AvgIpc) is 3.00. The molecule has 2 N–H and O–H groups in total. The van der Waals surface area contributed by atoms with Crippen LogP contribution in [0.4, 0.5) is 4.39 Å². The van der Waals surface area contributed by atoms with E-state index in [-0.39, 0.29) is 23.3 Å². The van der Waals surface area contributed by atoms with Crippen molar-refractivity contribution < 1.29 is 14.5 Å². The van der Waals surface area contributed by atoms with Crippen LogP contribution in [-0.2, 0) is 11.2 Å². The SMILES string of the molecule is CC(C)(C)[NH2+]CC(=O)N1CCc2sccc2[C@H]1c1ccc(F)cc1. The Morgan fingerprint density at radius 3 is 2.67 bits per heavy atom. The summed E-state index contributed by atoms with van der Waals surface area (Å²) in [5.74, 6) is -0.116. The minimum absolute atomic E-state index is 0.0182. The molecule has 2 heterocycles. The summed E-state index contributed by atoms with van der Waals surface area (Å²) in [4.78, 5) is 16.1. The van der Waals surface area contributed by atoms with Gasteiger partial charge in [0, 0.05) is 11.4 Å². The van der Waals surface area contributed by atoms with Gasteiger partial charge in [-0.3, -0.25) is 4.79 Å². The second-order valence-corrected chi connectivity index (χ2v) is 8.37. The second kappa shape index (κ2) is 6.65. The maximum atomic E-state index is 13.3. The van der Waals surface area contributed by atoms with E-state index in [0.717, 1.165) is 12.0 Å². The smallest absolute Gasteiger partial charge is 0.278 e. The normalized spacial score (nSPS) is 17.7. The zero-order valence-electron chi connectivity index (χ0n) is 14.4. The van der Waals surface area contributed by atoms with E-state index in [0.29, 0.717) is 13.1 Å². The number of thiophene rings is 1. The van der Waals surface area contributed by atoms with Crippen molar-refractivity contribution in [3.05, 3.63) is 57.5 Å². The predicted octanol–water partition coefficient (Wildman–Crippen LogP) is 2.72. The van der Waals surface area contributed by atoms with Crippen molar-refractivity contribution in [3.63, 3.8) is 0 Å². The fraction of sp³-hybridized carbons (Fsp3) is 0.421. The van der Waals surface area contributed by atoms with Crippen LogP contribution < -0.4 is 5.32 Å². The molecule has 24 heavy (non-hydrogen) atoms. The van der Waals surface area contributed by atoms with Crippen LogP contribution >= 0.6 is 11.3 Å². The minimum Gasteiger partial charge on any atom is -0.334 e. The molecular formula is C19H24FN2OS+. The van der Waals surface area contributed by atoms with Crippen LogP contribution in [0.2, 0.25) is 0 Å². The van der Waals surface area contributed by atoms with Crippen molar-refractivity contribution in [2.75, 3.05) is 13.1 Å². The Kier molecular flexibility index (Phi) is 4.74. The van der Waals surface area contributed by atoms with Gasteiger partial charge in [0.15, 0.2) is 6.54 Å². The summed E-state index contributed by atoms with van der Waals surface area (Å²) in [5.41, 5.74) is 2.17. The Hall–Kier alpha value is -1.72. The third-order valence-corrected chi connectivity index (χ3v) is 5.36. The number of quaternary nitrogens is 1. The molecule has 1 aromatic heterocycles. The van der Waals surface area contributed by atoms with Crippen LogP contribution in [0.1, 0.15) is 42.8 Å². The van der Waals surface area contributed by atoms with Crippen LogP contribution in [0.15, 0.2) is 35.7 Å². The van der Waals surface area contributed by atoms with E-state index in [1.807, 2.05) is 4.90 Å². The van der Waals surface area contributed by atoms with Gasteiger partial charge in [-0.25, -0.2) is 4.39 Å². The summed E-state index contributed by atoms with van der Waals surface area (Å²) in [5, 5.41) is 4.15. The van der Waals surface area contributed by atoms with Crippen LogP contribution in [0, 0.1) is 5.82 Å². The fourth-order valence-electron chi connectivity index (χ4n) is 3.10. The number of nitrogens with two attached hydrogens (primary N) is 1. The van der Waals surface area contributed by atoms with Gasteiger partial charge < -0.3 is 10.2 Å². The van der Waals surface area contributed by atoms with Crippen LogP contribution in [0.25, 0.3) is 0 Å². The maximum Gasteiger partial charge on any atom is 0.278 e. The summed E-state index contributed by atoms with van der Waals surface area (Å²) < 4.78 is 13.3. The molecular weight excluding hydrogens is 323 g/mol. The van der Waals surface area contributed by atoms with E-state index < -0.39 is 0 Å². The lowest BCUT2D eigenvalue weighted by Crippen LogP contribution is -2.96. The molecule has 0 radical (unpaired) electrons. The molecule has 5 heteroatoms. The van der Waals surface area contributed by atoms with E-state index in [2.05, 4.69) is 37.5 Å². The number of fused-ring (bicyclic) bond motifs is 1. The molecule has 1 aliphatic rings. The van der Waals surface area contributed by atoms with E-state index in [4.69, 9.17) is 0 Å². The molecule has 0 fully saturated rings. The molecule has 0 aliphatic carbocycles. The van der Waals surface area contributed by atoms with Crippen LogP contribution in [0.5, 0.6) is 0 Å². The van der Waals surface area contributed by atoms with Crippen molar-refractivity contribution in [2.45, 2.75) is 38.8 Å². The number of carbonyl (C=O) groups excluding carboxylic acids is 1. The van der Waals surface area contributed by atoms with Gasteiger partial charge in [0.05, 0.1) is 11.6 Å². The second-order valence-electron chi connectivity index (χ2n) is 7.36. The number of halogens is 1. The van der Waals surface area contributed by atoms with E-state index in [1.54, 1.807) is 23.5 Å². The Bertz CT molecular complexity index is 718. The van der Waals surface area contributed by atoms with Gasteiger partial charge >= 0.3 is 0 Å². The first-order chi connectivity index (χ1) is 11.3. The summed E-state index contributed by atoms with van der Waals surface area (Å²) in [6.45, 7) is 7.45. The third-order valence-electron chi connectivity index (χ3n) is 4.36. The Morgan fingerprint density at radius 1 is 1.29 bits per heavy atom. The van der Waals surface area contributed by atoms with Crippen molar-refractivity contribution >= 4 is 17.2 Å². The highest BCUT2D eigenvalue weighted by atomic mass is 32.1. The fourth-order valence-corrected chi connectivity index (χ4v) is 4.00. The molecule has 3 rings (SSSR count). The van der Waals surface area contributed by atoms with Gasteiger partial charge in [0.25, 0.3) is 5.91 Å². The molecule has 128 valence electrons. The lowest BCUT2D eigenvalue weighted by Gasteiger charge is -2.36. The average molecular weight is 347 g/mol. The summed E-state index contributed by atoms with van der Waals surface area (Å²) in [6, 6.07) is 8.52. The molecule has 1 aliphatic heterocycles. The molecule has 3 nitrogen and oxygen atoms in total. The topological polar surface area (TPSA) is 36.9 Å². The highest BCUT2D eigenvalue weighted by molar-refractivity contribution is 7.10. The van der Waals surface area contributed by atoms with Gasteiger partial charge in [-0.15, -0.1) is 11.3 Å². The number of rotatable bonds is 3. The van der Waals surface area contributed by atoms with Crippen molar-refractivity contribution in [2.24, 2.45) is 0 Å². The summed E-state index contributed by atoms with van der Waals surface area (Å²) >= 11 is 1.74. The first-order valence-electron chi connectivity index (χ1n) is 8.31. The summed E-state index contributed by atoms with van der Waals surface area (Å²) in [7, 11) is 0. The molecule has 0 saturated carbocycles. The highest BCUT2D eigenvalue weighted by Crippen LogP contribution is 2.37. The van der Waals surface area contributed by atoms with Gasteiger partial charge in [-0.2, -0.15) is 0 Å². The number of benzene rings is 1. The maximum absolute atomic E-state index is 13.3. The van der Waals surface area contributed by atoms with Crippen molar-refractivity contribution in [1.82, 2.24) is 4.90 Å². The number of nitrogens with zero attached hydrogens (tertiary/aromatic N) is 1. The number of hydrogen-bond acceptors (Lipinski definition) is 2. The Labute approximate surface area is 146 Å². The van der Waals surface area contributed by atoms with E-state index >= 15 is 0 Å². The zero-order chi connectivity index (χ0) is 17.3. The molecule has 0 bridgehead atoms. The van der Waals surface area contributed by atoms with Gasteiger partial charge in [0.2, 0.25) is 0 Å². The van der Waals surface area contributed by atoms with Gasteiger partial charge in [-0.1, -0.05) is 12.1 Å². The van der Waals surface area contributed by atoms with E-state index in [1.165, 1.54) is 22.6 Å². The molecule has 1 aromatic carbocycles. The van der Waals surface area contributed by atoms with E-state index in [9.17, 15) is 9.18 Å². The lowest BCUT2D eigenvalue weighted by molar-refractivity contribution is -0.707. The number of carbonyl (C=O) groups is 1. The summed E-state index contributed by atoms with van der Waals surface area (Å²) in [6.07, 6.45) is 0.895. The number of amides is 1. The first kappa shape index (κ1) is 17.1. The zero-order valence-corrected chi connectivity index (χ0v) is 15.2. The molecule has 0 saturated heterocycles. The molecule has 1 atom stereocenters.